The number of ether oxygens (including phenoxy) is 1. The Labute approximate surface area is 229 Å². The van der Waals surface area contributed by atoms with Gasteiger partial charge in [-0.1, -0.05) is 52.7 Å². The van der Waals surface area contributed by atoms with Gasteiger partial charge in [0.25, 0.3) is 0 Å². The van der Waals surface area contributed by atoms with Crippen LogP contribution in [0.1, 0.15) is 72.6 Å². The molecule has 1 spiro atoms. The Morgan fingerprint density at radius 1 is 1.11 bits per heavy atom. The van der Waals surface area contributed by atoms with Gasteiger partial charge in [0.2, 0.25) is 17.7 Å². The fourth-order valence-electron chi connectivity index (χ4n) is 6.97. The maximum atomic E-state index is 14.3. The van der Waals surface area contributed by atoms with Gasteiger partial charge in [-0.15, -0.1) is 13.2 Å². The van der Waals surface area contributed by atoms with Crippen molar-refractivity contribution in [1.29, 1.82) is 0 Å². The average molecular weight is 532 g/mol. The quantitative estimate of drug-likeness (QED) is 0.244. The van der Waals surface area contributed by atoms with Crippen LogP contribution in [0, 0.1) is 17.8 Å². The number of carbonyl (C=O) groups excluding carboxylic acids is 3. The Hall–Kier alpha value is -2.19. The molecule has 3 saturated heterocycles. The minimum absolute atomic E-state index is 0.0972. The summed E-state index contributed by atoms with van der Waals surface area (Å²) in [6.07, 6.45) is 8.48. The lowest BCUT2D eigenvalue weighted by atomic mass is 9.70. The lowest BCUT2D eigenvalue weighted by molar-refractivity contribution is -0.152. The van der Waals surface area contributed by atoms with Crippen LogP contribution >= 0.6 is 0 Å². The molecular formula is C30H49N3O5. The summed E-state index contributed by atoms with van der Waals surface area (Å²) >= 11 is 0. The molecule has 38 heavy (non-hydrogen) atoms. The van der Waals surface area contributed by atoms with Gasteiger partial charge in [-0.2, -0.15) is 0 Å². The van der Waals surface area contributed by atoms with Crippen molar-refractivity contribution in [3.63, 3.8) is 0 Å². The number of likely N-dealkylation sites (tertiary alicyclic amines) is 1. The predicted molar refractivity (Wildman–Crippen MR) is 148 cm³/mol. The number of hydrogen-bond donors (Lipinski definition) is 1. The number of fused-ring (bicyclic) bond motifs is 1. The van der Waals surface area contributed by atoms with Crippen LogP contribution in [0.15, 0.2) is 25.3 Å². The second-order valence-corrected chi connectivity index (χ2v) is 11.6. The minimum atomic E-state index is -1.06. The molecule has 0 aromatic heterocycles. The highest BCUT2D eigenvalue weighted by Crippen LogP contribution is 2.59. The van der Waals surface area contributed by atoms with E-state index in [0.717, 1.165) is 25.7 Å². The van der Waals surface area contributed by atoms with Crippen LogP contribution in [0.5, 0.6) is 0 Å². The normalized spacial score (nSPS) is 28.5. The number of unbranched alkanes of at least 4 members (excludes halogenated alkanes) is 2. The zero-order valence-corrected chi connectivity index (χ0v) is 23.9. The van der Waals surface area contributed by atoms with Gasteiger partial charge in [0.1, 0.15) is 11.6 Å². The zero-order chi connectivity index (χ0) is 28.0. The SMILES string of the molecule is C=CCN(CCCCC)C(=O)C1N([C@@H](CO)CC(C)C)C(=O)[C@@H]2[C@H](C(=O)N(CC=C)CCC)[C@@H]3CCC12O3. The summed E-state index contributed by atoms with van der Waals surface area (Å²) in [7, 11) is 0. The molecule has 3 aliphatic rings. The third-order valence-corrected chi connectivity index (χ3v) is 8.45. The van der Waals surface area contributed by atoms with Crippen molar-refractivity contribution in [3.8, 4) is 0 Å². The molecule has 214 valence electrons. The van der Waals surface area contributed by atoms with E-state index in [1.165, 1.54) is 0 Å². The Balaban J connectivity index is 2.06. The van der Waals surface area contributed by atoms with Crippen LogP contribution in [0.3, 0.4) is 0 Å². The molecule has 0 aromatic carbocycles. The molecule has 3 heterocycles. The van der Waals surface area contributed by atoms with Crippen LogP contribution in [0.2, 0.25) is 0 Å². The van der Waals surface area contributed by atoms with Crippen molar-refractivity contribution in [2.24, 2.45) is 17.8 Å². The highest BCUT2D eigenvalue weighted by atomic mass is 16.5. The van der Waals surface area contributed by atoms with Gasteiger partial charge < -0.3 is 24.5 Å². The van der Waals surface area contributed by atoms with Gasteiger partial charge >= 0.3 is 0 Å². The molecule has 3 amide bonds. The number of hydrogen-bond acceptors (Lipinski definition) is 5. The maximum Gasteiger partial charge on any atom is 0.248 e. The molecule has 0 aliphatic carbocycles. The van der Waals surface area contributed by atoms with Crippen molar-refractivity contribution in [2.75, 3.05) is 32.8 Å². The molecular weight excluding hydrogens is 482 g/mol. The molecule has 1 N–H and O–H groups in total. The highest BCUT2D eigenvalue weighted by molar-refractivity contribution is 5.99. The van der Waals surface area contributed by atoms with E-state index in [1.807, 2.05) is 20.8 Å². The van der Waals surface area contributed by atoms with E-state index in [-0.39, 0.29) is 36.4 Å². The monoisotopic (exact) mass is 531 g/mol. The van der Waals surface area contributed by atoms with Crippen molar-refractivity contribution in [3.05, 3.63) is 25.3 Å². The summed E-state index contributed by atoms with van der Waals surface area (Å²) in [5.41, 5.74) is -1.06. The van der Waals surface area contributed by atoms with Gasteiger partial charge in [0.05, 0.1) is 30.6 Å². The summed E-state index contributed by atoms with van der Waals surface area (Å²) in [5, 5.41) is 10.4. The Morgan fingerprint density at radius 3 is 2.32 bits per heavy atom. The second kappa shape index (κ2) is 13.2. The predicted octanol–water partition coefficient (Wildman–Crippen LogP) is 3.40. The maximum absolute atomic E-state index is 14.3. The number of amides is 3. The van der Waals surface area contributed by atoms with E-state index in [9.17, 15) is 19.5 Å². The van der Waals surface area contributed by atoms with E-state index >= 15 is 0 Å². The largest absolute Gasteiger partial charge is 0.394 e. The van der Waals surface area contributed by atoms with Gasteiger partial charge in [-0.25, -0.2) is 0 Å². The third-order valence-electron chi connectivity index (χ3n) is 8.45. The molecule has 8 heteroatoms. The molecule has 3 fully saturated rings. The molecule has 2 unspecified atom stereocenters. The summed E-state index contributed by atoms with van der Waals surface area (Å²) in [4.78, 5) is 47.7. The second-order valence-electron chi connectivity index (χ2n) is 11.6. The van der Waals surface area contributed by atoms with Crippen LogP contribution in [0.4, 0.5) is 0 Å². The van der Waals surface area contributed by atoms with Crippen LogP contribution in [-0.2, 0) is 19.1 Å². The zero-order valence-electron chi connectivity index (χ0n) is 23.9. The number of rotatable bonds is 16. The Bertz CT molecular complexity index is 876. The molecule has 0 aromatic rings. The smallest absolute Gasteiger partial charge is 0.248 e. The minimum Gasteiger partial charge on any atom is -0.394 e. The van der Waals surface area contributed by atoms with Crippen LogP contribution < -0.4 is 0 Å². The van der Waals surface area contributed by atoms with Gasteiger partial charge in [0.15, 0.2) is 0 Å². The first-order valence-corrected chi connectivity index (χ1v) is 14.6. The lowest BCUT2D eigenvalue weighted by Gasteiger charge is -2.39. The van der Waals surface area contributed by atoms with Crippen molar-refractivity contribution < 1.29 is 24.2 Å². The fourth-order valence-corrected chi connectivity index (χ4v) is 6.97. The molecule has 8 nitrogen and oxygen atoms in total. The Kier molecular flexibility index (Phi) is 10.6. The molecule has 6 atom stereocenters. The molecule has 0 radical (unpaired) electrons. The number of aliphatic hydroxyl groups excluding tert-OH is 1. The van der Waals surface area contributed by atoms with Gasteiger partial charge in [-0.3, -0.25) is 14.4 Å². The van der Waals surface area contributed by atoms with E-state index in [1.54, 1.807) is 26.9 Å². The van der Waals surface area contributed by atoms with Crippen molar-refractivity contribution in [1.82, 2.24) is 14.7 Å². The third kappa shape index (κ3) is 5.57. The first-order chi connectivity index (χ1) is 18.2. The van der Waals surface area contributed by atoms with Crippen molar-refractivity contribution >= 4 is 17.7 Å². The molecule has 3 rings (SSSR count). The standard InChI is InChI=1S/C30H49N3O5/c1-7-11-12-18-32(17-10-4)29(37)26-30-14-13-23(38-30)24(27(35)31(15-8-2)16-9-3)25(30)28(36)33(26)22(20-34)19-21(5)6/h8,10,21-26,34H,2,4,7,9,11-20H2,1,3,5-6H3/t22-,23+,24-,25+,26?,30?/m1/s1. The average Bonchev–Trinajstić information content (AvgIpc) is 3.53. The van der Waals surface area contributed by atoms with E-state index in [4.69, 9.17) is 4.74 Å². The lowest BCUT2D eigenvalue weighted by Crippen LogP contribution is -2.59. The van der Waals surface area contributed by atoms with E-state index in [0.29, 0.717) is 45.4 Å². The molecule has 0 saturated carbocycles. The van der Waals surface area contributed by atoms with Crippen LogP contribution in [0.25, 0.3) is 0 Å². The summed E-state index contributed by atoms with van der Waals surface area (Å²) in [5.74, 6) is -1.64. The topological polar surface area (TPSA) is 90.4 Å². The summed E-state index contributed by atoms with van der Waals surface area (Å²) in [6.45, 7) is 17.6. The fraction of sp³-hybridized carbons (Fsp3) is 0.767. The molecule has 3 aliphatic heterocycles. The number of aliphatic hydroxyl groups is 1. The summed E-state index contributed by atoms with van der Waals surface area (Å²) < 4.78 is 6.62. The number of nitrogens with zero attached hydrogens (tertiary/aromatic N) is 3. The first kappa shape index (κ1) is 30.4. The van der Waals surface area contributed by atoms with E-state index in [2.05, 4.69) is 20.1 Å². The van der Waals surface area contributed by atoms with Crippen LogP contribution in [-0.4, -0.2) is 94.1 Å². The summed E-state index contributed by atoms with van der Waals surface area (Å²) in [6, 6.07) is -1.38. The highest BCUT2D eigenvalue weighted by Gasteiger charge is 2.75. The van der Waals surface area contributed by atoms with E-state index < -0.39 is 29.5 Å². The van der Waals surface area contributed by atoms with Gasteiger partial charge in [-0.05, 0) is 38.0 Å². The Morgan fingerprint density at radius 2 is 1.76 bits per heavy atom. The molecule has 2 bridgehead atoms. The number of carbonyl (C=O) groups is 3. The van der Waals surface area contributed by atoms with Crippen molar-refractivity contribution in [2.45, 2.75) is 96.4 Å². The first-order valence-electron chi connectivity index (χ1n) is 14.6. The van der Waals surface area contributed by atoms with Gasteiger partial charge in [0, 0.05) is 26.2 Å².